The van der Waals surface area contributed by atoms with Crippen molar-refractivity contribution in [1.29, 1.82) is 0 Å². The molecule has 0 fully saturated rings. The van der Waals surface area contributed by atoms with Crippen molar-refractivity contribution >= 4 is 23.2 Å². The van der Waals surface area contributed by atoms with Crippen molar-refractivity contribution in [2.45, 2.75) is 19.4 Å². The van der Waals surface area contributed by atoms with Crippen LogP contribution in [-0.4, -0.2) is 46.0 Å². The van der Waals surface area contributed by atoms with E-state index in [0.717, 1.165) is 32.2 Å². The molecule has 0 unspecified atom stereocenters. The summed E-state index contributed by atoms with van der Waals surface area (Å²) in [6.07, 6.45) is 3.95. The van der Waals surface area contributed by atoms with E-state index in [9.17, 15) is 38.2 Å². The van der Waals surface area contributed by atoms with Crippen LogP contribution in [0.4, 0.5) is 8.78 Å². The number of aromatic nitrogens is 4. The number of fused-ring (bicyclic) bond motifs is 2. The summed E-state index contributed by atoms with van der Waals surface area (Å²) < 4.78 is 28.3. The molecule has 0 saturated heterocycles. The van der Waals surface area contributed by atoms with E-state index < -0.39 is 40.2 Å². The zero-order chi connectivity index (χ0) is 37.6. The molecule has 7 aromatic rings. The maximum atomic E-state index is 13.1. The highest BCUT2D eigenvalue weighted by Gasteiger charge is 2.19. The number of amides is 1. The highest BCUT2D eigenvalue weighted by molar-refractivity contribution is 5.95. The van der Waals surface area contributed by atoms with Crippen LogP contribution in [0.3, 0.4) is 0 Å². The second-order valence-electron chi connectivity index (χ2n) is 11.8. The molecule has 0 aliphatic carbocycles. The number of hydrogen-bond acceptors (Lipinski definition) is 8. The first-order valence-corrected chi connectivity index (χ1v) is 16.0. The minimum atomic E-state index is -1.47. The Labute approximate surface area is 298 Å². The van der Waals surface area contributed by atoms with Crippen LogP contribution < -0.4 is 16.4 Å². The van der Waals surface area contributed by atoms with Crippen molar-refractivity contribution in [1.82, 2.24) is 24.1 Å². The van der Waals surface area contributed by atoms with E-state index in [0.29, 0.717) is 12.8 Å². The smallest absolute Gasteiger partial charge is 0.358 e. The number of hydrogen-bond donors (Lipinski definition) is 4. The molecule has 4 heterocycles. The molecule has 12 nitrogen and oxygen atoms in total. The van der Waals surface area contributed by atoms with Gasteiger partial charge >= 0.3 is 17.1 Å². The Bertz CT molecular complexity index is 2590. The molecule has 14 heteroatoms. The van der Waals surface area contributed by atoms with Crippen molar-refractivity contribution in [2.24, 2.45) is 0 Å². The molecule has 0 spiro atoms. The first kappa shape index (κ1) is 35.6. The van der Waals surface area contributed by atoms with Crippen LogP contribution >= 0.6 is 0 Å². The molecular formula is C39H29F2N5O7. The summed E-state index contributed by atoms with van der Waals surface area (Å²) in [5, 5.41) is 31.5. The van der Waals surface area contributed by atoms with Gasteiger partial charge in [0.2, 0.25) is 11.5 Å². The predicted molar refractivity (Wildman–Crippen MR) is 189 cm³/mol. The first-order valence-electron chi connectivity index (χ1n) is 16.0. The summed E-state index contributed by atoms with van der Waals surface area (Å²) in [5.41, 5.74) is 1.89. The fraction of sp³-hybridized carbons (Fsp3) is 0.0769. The number of halogens is 2. The summed E-state index contributed by atoms with van der Waals surface area (Å²) >= 11 is 0. The molecule has 0 aliphatic rings. The number of aromatic carboxylic acids is 1. The summed E-state index contributed by atoms with van der Waals surface area (Å²) in [6.45, 7) is 0.247. The minimum absolute atomic E-state index is 0.119. The van der Waals surface area contributed by atoms with Crippen LogP contribution in [0.25, 0.3) is 11.3 Å². The third kappa shape index (κ3) is 8.23. The summed E-state index contributed by atoms with van der Waals surface area (Å²) in [7, 11) is 0. The molecule has 4 aromatic heterocycles. The van der Waals surface area contributed by atoms with Crippen LogP contribution in [0.1, 0.15) is 48.8 Å². The van der Waals surface area contributed by atoms with Crippen molar-refractivity contribution in [2.75, 3.05) is 0 Å². The molecule has 53 heavy (non-hydrogen) atoms. The number of aromatic hydroxyl groups is 2. The Kier molecular flexibility index (Phi) is 10.3. The van der Waals surface area contributed by atoms with Crippen molar-refractivity contribution in [3.63, 3.8) is 0 Å². The zero-order valence-corrected chi connectivity index (χ0v) is 27.6. The average molecular weight is 718 g/mol. The van der Waals surface area contributed by atoms with E-state index in [2.05, 4.69) is 15.3 Å². The summed E-state index contributed by atoms with van der Waals surface area (Å²) in [5.74, 6) is -4.38. The minimum Gasteiger partial charge on any atom is -0.501 e. The number of carboxylic acids is 1. The molecule has 0 radical (unpaired) electrons. The van der Waals surface area contributed by atoms with Gasteiger partial charge < -0.3 is 20.6 Å². The van der Waals surface area contributed by atoms with Crippen molar-refractivity contribution < 1.29 is 33.7 Å². The number of rotatable bonds is 8. The number of carbonyl (C=O) groups excluding carboxylic acids is 1. The maximum absolute atomic E-state index is 13.1. The van der Waals surface area contributed by atoms with Gasteiger partial charge in [0.25, 0.3) is 5.91 Å². The van der Waals surface area contributed by atoms with Gasteiger partial charge in [-0.3, -0.25) is 23.2 Å². The topological polar surface area (TPSA) is 176 Å². The summed E-state index contributed by atoms with van der Waals surface area (Å²) in [6, 6.07) is 27.8. The number of nitrogens with zero attached hydrogens (tertiary/aromatic N) is 4. The Balaban J connectivity index is 0.000000188. The van der Waals surface area contributed by atoms with Gasteiger partial charge in [-0.25, -0.2) is 23.5 Å². The van der Waals surface area contributed by atoms with Crippen LogP contribution in [-0.2, 0) is 19.4 Å². The van der Waals surface area contributed by atoms with E-state index in [1.165, 1.54) is 40.9 Å². The quantitative estimate of drug-likeness (QED) is 0.171. The molecule has 3 aromatic carbocycles. The Morgan fingerprint density at radius 1 is 0.585 bits per heavy atom. The van der Waals surface area contributed by atoms with Gasteiger partial charge in [0.15, 0.2) is 11.4 Å². The van der Waals surface area contributed by atoms with Crippen molar-refractivity contribution in [3.8, 4) is 11.5 Å². The fourth-order valence-electron chi connectivity index (χ4n) is 5.40. The van der Waals surface area contributed by atoms with Crippen LogP contribution in [0.5, 0.6) is 11.5 Å². The molecule has 0 atom stereocenters. The summed E-state index contributed by atoms with van der Waals surface area (Å²) in [4.78, 5) is 56.0. The molecular weight excluding hydrogens is 688 g/mol. The number of benzene rings is 3. The highest BCUT2D eigenvalue weighted by atomic mass is 19.1. The maximum Gasteiger partial charge on any atom is 0.358 e. The normalized spacial score (nSPS) is 10.8. The van der Waals surface area contributed by atoms with Gasteiger partial charge in [0.1, 0.15) is 22.9 Å². The molecule has 1 amide bonds. The molecule has 7 rings (SSSR count). The Hall–Kier alpha value is -7.22. The lowest BCUT2D eigenvalue weighted by Gasteiger charge is -2.09. The monoisotopic (exact) mass is 717 g/mol. The standard InChI is InChI=1S/C23H18FN3O3.C16H11FN2O4/c24-18-9-6-15(7-10-18)12-17-8-11-19-26-20(21(28)23(30)27(19)14-17)22(29)25-13-16-4-2-1-3-5-16;17-11-4-1-9(2-5-11)7-10-3-6-12-18-13(16(22)23)14(20)15(21)19(12)8-10/h1-11,14,28H,12-13H2,(H,25,29);1-6,8,20H,7H2,(H,22,23). The second-order valence-corrected chi connectivity index (χ2v) is 11.8. The van der Waals surface area contributed by atoms with E-state index in [4.69, 9.17) is 5.11 Å². The third-order valence-electron chi connectivity index (χ3n) is 8.08. The molecule has 0 saturated carbocycles. The lowest BCUT2D eigenvalue weighted by molar-refractivity contribution is 0.0686. The highest BCUT2D eigenvalue weighted by Crippen LogP contribution is 2.16. The van der Waals surface area contributed by atoms with Crippen molar-refractivity contribution in [3.05, 3.63) is 187 Å². The Morgan fingerprint density at radius 2 is 1.02 bits per heavy atom. The van der Waals surface area contributed by atoms with Crippen LogP contribution in [0.15, 0.2) is 125 Å². The third-order valence-corrected chi connectivity index (χ3v) is 8.08. The van der Waals surface area contributed by atoms with E-state index >= 15 is 0 Å². The molecule has 0 aliphatic heterocycles. The molecule has 266 valence electrons. The fourth-order valence-corrected chi connectivity index (χ4v) is 5.40. The molecule has 0 bridgehead atoms. The predicted octanol–water partition coefficient (Wildman–Crippen LogP) is 4.89. The lowest BCUT2D eigenvalue weighted by atomic mass is 10.1. The van der Waals surface area contributed by atoms with E-state index in [1.54, 1.807) is 48.7 Å². The zero-order valence-electron chi connectivity index (χ0n) is 27.6. The van der Waals surface area contributed by atoms with Gasteiger partial charge in [-0.1, -0.05) is 66.7 Å². The number of carbonyl (C=O) groups is 2. The number of nitrogens with one attached hydrogen (secondary N) is 1. The second kappa shape index (κ2) is 15.3. The van der Waals surface area contributed by atoms with Gasteiger partial charge in [-0.05, 0) is 77.1 Å². The van der Waals surface area contributed by atoms with Crippen LogP contribution in [0.2, 0.25) is 0 Å². The van der Waals surface area contributed by atoms with E-state index in [-0.39, 0.29) is 35.2 Å². The van der Waals surface area contributed by atoms with Gasteiger partial charge in [-0.2, -0.15) is 0 Å². The SMILES string of the molecule is O=C(NCc1ccccc1)c1nc2ccc(Cc3ccc(F)cc3)cn2c(=O)c1O.O=C(O)c1nc2ccc(Cc3ccc(F)cc3)cn2c(=O)c1O. The largest absolute Gasteiger partial charge is 0.501 e. The average Bonchev–Trinajstić information content (AvgIpc) is 3.16. The van der Waals surface area contributed by atoms with Gasteiger partial charge in [-0.15, -0.1) is 0 Å². The van der Waals surface area contributed by atoms with Gasteiger partial charge in [0, 0.05) is 18.9 Å². The molecule has 4 N–H and O–H groups in total. The van der Waals surface area contributed by atoms with Crippen LogP contribution in [0, 0.1) is 11.6 Å². The Morgan fingerprint density at radius 3 is 1.49 bits per heavy atom. The first-order chi connectivity index (χ1) is 25.5. The lowest BCUT2D eigenvalue weighted by Crippen LogP contribution is -2.27. The number of carboxylic acid groups (broad SMARTS) is 1. The number of pyridine rings is 2. The van der Waals surface area contributed by atoms with E-state index in [1.807, 2.05) is 30.3 Å². The van der Waals surface area contributed by atoms with Gasteiger partial charge in [0.05, 0.1) is 0 Å².